The van der Waals surface area contributed by atoms with Crippen molar-refractivity contribution < 1.29 is 19.0 Å². The molecule has 0 atom stereocenters. The number of amides is 1. The lowest BCUT2D eigenvalue weighted by Gasteiger charge is -2.23. The fourth-order valence-electron chi connectivity index (χ4n) is 2.74. The molecule has 0 saturated carbocycles. The number of thiazole rings is 1. The summed E-state index contributed by atoms with van der Waals surface area (Å²) < 4.78 is 16.9. The van der Waals surface area contributed by atoms with Gasteiger partial charge in [0.1, 0.15) is 30.7 Å². The van der Waals surface area contributed by atoms with Crippen LogP contribution in [-0.2, 0) is 20.8 Å². The van der Waals surface area contributed by atoms with Crippen molar-refractivity contribution >= 4 is 44.2 Å². The zero-order valence-electron chi connectivity index (χ0n) is 14.9. The first kappa shape index (κ1) is 18.5. The first-order chi connectivity index (χ1) is 13.7. The van der Waals surface area contributed by atoms with E-state index in [0.29, 0.717) is 34.6 Å². The predicted molar refractivity (Wildman–Crippen MR) is 107 cm³/mol. The Morgan fingerprint density at radius 3 is 2.96 bits per heavy atom. The number of carbonyl (C=O) groups is 1. The number of hydrogen-bond donors (Lipinski definition) is 0. The van der Waals surface area contributed by atoms with Gasteiger partial charge in [0.25, 0.3) is 5.91 Å². The molecular formula is C19H16ClN3O4S. The number of pyridine rings is 1. The van der Waals surface area contributed by atoms with Crippen molar-refractivity contribution in [2.45, 2.75) is 6.54 Å². The number of nitrogens with zero attached hydrogens (tertiary/aromatic N) is 3. The molecule has 1 aromatic carbocycles. The van der Waals surface area contributed by atoms with Gasteiger partial charge in [0, 0.05) is 12.4 Å². The predicted octanol–water partition coefficient (Wildman–Crippen LogP) is 3.77. The van der Waals surface area contributed by atoms with Crippen LogP contribution in [0.25, 0.3) is 10.2 Å². The molecule has 28 heavy (non-hydrogen) atoms. The van der Waals surface area contributed by atoms with E-state index < -0.39 is 0 Å². The van der Waals surface area contributed by atoms with Gasteiger partial charge in [0.2, 0.25) is 5.76 Å². The van der Waals surface area contributed by atoms with E-state index in [4.69, 9.17) is 25.8 Å². The van der Waals surface area contributed by atoms with Gasteiger partial charge in [0.15, 0.2) is 5.13 Å². The topological polar surface area (TPSA) is 73.8 Å². The van der Waals surface area contributed by atoms with Crippen LogP contribution in [0.1, 0.15) is 5.56 Å². The molecule has 0 radical (unpaired) electrons. The summed E-state index contributed by atoms with van der Waals surface area (Å²) in [6, 6.07) is 7.21. The maximum absolute atomic E-state index is 13.2. The first-order valence-electron chi connectivity index (χ1n) is 8.45. The Hall–Kier alpha value is -2.84. The minimum absolute atomic E-state index is 0.132. The average molecular weight is 418 g/mol. The van der Waals surface area contributed by atoms with Gasteiger partial charge in [-0.3, -0.25) is 14.7 Å². The third-order valence-corrected chi connectivity index (χ3v) is 5.61. The van der Waals surface area contributed by atoms with Gasteiger partial charge in [-0.05, 0) is 23.8 Å². The van der Waals surface area contributed by atoms with E-state index in [1.807, 2.05) is 12.1 Å². The maximum atomic E-state index is 13.2. The van der Waals surface area contributed by atoms with E-state index in [-0.39, 0.29) is 18.2 Å². The molecule has 0 bridgehead atoms. The summed E-state index contributed by atoms with van der Waals surface area (Å²) in [5.74, 6) is 0.372. The number of fused-ring (bicyclic) bond motifs is 1. The van der Waals surface area contributed by atoms with Crippen LogP contribution in [0.2, 0.25) is 5.02 Å². The lowest BCUT2D eigenvalue weighted by atomic mass is 10.2. The highest BCUT2D eigenvalue weighted by molar-refractivity contribution is 7.23. The van der Waals surface area contributed by atoms with Crippen LogP contribution in [0.4, 0.5) is 5.13 Å². The van der Waals surface area contributed by atoms with Crippen LogP contribution in [0.15, 0.2) is 48.7 Å². The third-order valence-electron chi connectivity index (χ3n) is 4.07. The molecule has 0 aliphatic carbocycles. The number of halogens is 1. The fraction of sp³-hybridized carbons (Fsp3) is 0.211. The van der Waals surface area contributed by atoms with Gasteiger partial charge in [-0.2, -0.15) is 0 Å². The lowest BCUT2D eigenvalue weighted by Crippen LogP contribution is -2.33. The molecule has 4 rings (SSSR count). The molecule has 3 aromatic rings. The summed E-state index contributed by atoms with van der Waals surface area (Å²) in [6.45, 7) is 0.998. The molecule has 1 aliphatic heterocycles. The van der Waals surface area contributed by atoms with Crippen LogP contribution >= 0.6 is 22.9 Å². The van der Waals surface area contributed by atoms with E-state index >= 15 is 0 Å². The quantitative estimate of drug-likeness (QED) is 0.629. The molecule has 2 aromatic heterocycles. The minimum atomic E-state index is -0.349. The summed E-state index contributed by atoms with van der Waals surface area (Å²) in [5.41, 5.74) is 1.46. The lowest BCUT2D eigenvalue weighted by molar-refractivity contribution is -0.119. The number of methoxy groups -OCH3 is 1. The average Bonchev–Trinajstić information content (AvgIpc) is 3.19. The van der Waals surface area contributed by atoms with Gasteiger partial charge in [0.05, 0.1) is 23.4 Å². The third kappa shape index (κ3) is 3.61. The summed E-state index contributed by atoms with van der Waals surface area (Å²) in [6.07, 6.45) is 4.72. The highest BCUT2D eigenvalue weighted by Gasteiger charge is 2.27. The summed E-state index contributed by atoms with van der Waals surface area (Å²) in [5, 5.41) is 1.02. The highest BCUT2D eigenvalue weighted by Crippen LogP contribution is 2.39. The van der Waals surface area contributed by atoms with Crippen molar-refractivity contribution in [3.8, 4) is 5.75 Å². The molecule has 0 unspecified atom stereocenters. The Balaban J connectivity index is 1.78. The van der Waals surface area contributed by atoms with Crippen LogP contribution < -0.4 is 9.64 Å². The van der Waals surface area contributed by atoms with Crippen molar-refractivity contribution in [2.24, 2.45) is 0 Å². The second-order valence-corrected chi connectivity index (χ2v) is 7.26. The first-order valence-corrected chi connectivity index (χ1v) is 9.65. The second kappa shape index (κ2) is 8.04. The summed E-state index contributed by atoms with van der Waals surface area (Å²) in [4.78, 5) is 23.4. The summed E-state index contributed by atoms with van der Waals surface area (Å²) >= 11 is 7.65. The molecule has 144 valence electrons. The van der Waals surface area contributed by atoms with Crippen LogP contribution in [0.5, 0.6) is 5.75 Å². The van der Waals surface area contributed by atoms with Crippen molar-refractivity contribution in [2.75, 3.05) is 25.2 Å². The highest BCUT2D eigenvalue weighted by atomic mass is 35.5. The Labute approximate surface area is 170 Å². The zero-order valence-corrected chi connectivity index (χ0v) is 16.5. The molecular weight excluding hydrogens is 402 g/mol. The molecule has 9 heteroatoms. The van der Waals surface area contributed by atoms with E-state index in [2.05, 4.69) is 9.97 Å². The van der Waals surface area contributed by atoms with Crippen LogP contribution in [-0.4, -0.2) is 36.2 Å². The van der Waals surface area contributed by atoms with Crippen molar-refractivity contribution in [1.82, 2.24) is 9.97 Å². The van der Waals surface area contributed by atoms with Crippen LogP contribution in [0, 0.1) is 0 Å². The maximum Gasteiger partial charge on any atom is 0.298 e. The second-order valence-electron chi connectivity index (χ2n) is 5.88. The van der Waals surface area contributed by atoms with Crippen molar-refractivity contribution in [1.29, 1.82) is 0 Å². The Bertz CT molecular complexity index is 1040. The number of rotatable bonds is 5. The normalized spacial score (nSPS) is 13.4. The number of carbonyl (C=O) groups excluding carboxylic acids is 1. The number of aromatic nitrogens is 2. The molecule has 7 nitrogen and oxygen atoms in total. The molecule has 1 aliphatic rings. The number of ether oxygens (including phenoxy) is 3. The number of hydrogen-bond acceptors (Lipinski definition) is 7. The summed E-state index contributed by atoms with van der Waals surface area (Å²) in [7, 11) is 1.57. The molecule has 0 fully saturated rings. The molecule has 1 amide bonds. The zero-order chi connectivity index (χ0) is 19.5. The molecule has 0 N–H and O–H groups in total. The van der Waals surface area contributed by atoms with Gasteiger partial charge in [-0.25, -0.2) is 4.98 Å². The Kier molecular flexibility index (Phi) is 5.31. The number of benzene rings is 1. The van der Waals surface area contributed by atoms with Gasteiger partial charge >= 0.3 is 0 Å². The Morgan fingerprint density at radius 2 is 2.25 bits per heavy atom. The van der Waals surface area contributed by atoms with Gasteiger partial charge in [-0.15, -0.1) is 0 Å². The van der Waals surface area contributed by atoms with E-state index in [9.17, 15) is 4.79 Å². The largest absolute Gasteiger partial charge is 0.494 e. The fourth-order valence-corrected chi connectivity index (χ4v) is 3.99. The van der Waals surface area contributed by atoms with Crippen LogP contribution in [0.3, 0.4) is 0 Å². The van der Waals surface area contributed by atoms with Crippen molar-refractivity contribution in [3.63, 3.8) is 0 Å². The smallest absolute Gasteiger partial charge is 0.298 e. The standard InChI is InChI=1S/C19H16ClN3O4S/c1-25-14-5-4-13(20)17-16(14)22-19(28-17)23(10-12-3-2-6-21-9-12)18(24)15-11-26-7-8-27-15/h2-6,9,11H,7-8,10H2,1H3. The van der Waals surface area contributed by atoms with E-state index in [1.54, 1.807) is 31.6 Å². The molecule has 3 heterocycles. The van der Waals surface area contributed by atoms with Crippen molar-refractivity contribution in [3.05, 3.63) is 59.3 Å². The van der Waals surface area contributed by atoms with E-state index in [1.165, 1.54) is 22.5 Å². The monoisotopic (exact) mass is 417 g/mol. The molecule has 0 spiro atoms. The van der Waals surface area contributed by atoms with E-state index in [0.717, 1.165) is 10.3 Å². The molecule has 0 saturated heterocycles. The minimum Gasteiger partial charge on any atom is -0.494 e. The Morgan fingerprint density at radius 1 is 1.36 bits per heavy atom. The number of anilines is 1. The van der Waals surface area contributed by atoms with Gasteiger partial charge < -0.3 is 14.2 Å². The van der Waals surface area contributed by atoms with Gasteiger partial charge in [-0.1, -0.05) is 29.0 Å². The SMILES string of the molecule is COc1ccc(Cl)c2sc(N(Cc3cccnc3)C(=O)C3=COCCO3)nc12.